The molecule has 2 atom stereocenters. The van der Waals surface area contributed by atoms with Crippen LogP contribution in [0.1, 0.15) is 32.2 Å². The molecule has 31 heavy (non-hydrogen) atoms. The molecule has 1 amide bonds. The second kappa shape index (κ2) is 6.83. The molecule has 4 aromatic rings. The Morgan fingerprint density at radius 3 is 2.84 bits per heavy atom. The summed E-state index contributed by atoms with van der Waals surface area (Å²) in [6.07, 6.45) is 6.64. The topological polar surface area (TPSA) is 74.0 Å². The first-order valence-electron chi connectivity index (χ1n) is 10.9. The minimum Gasteiger partial charge on any atom is -0.488 e. The van der Waals surface area contributed by atoms with E-state index in [0.717, 1.165) is 38.8 Å². The van der Waals surface area contributed by atoms with Gasteiger partial charge in [-0.1, -0.05) is 6.07 Å². The summed E-state index contributed by atoms with van der Waals surface area (Å²) >= 11 is 0. The van der Waals surface area contributed by atoms with Gasteiger partial charge in [-0.3, -0.25) is 9.48 Å². The Bertz CT molecular complexity index is 1320. The SMILES string of the molecule is CC(Oc1cc(-c2ccc3c(cnn3C)c2)cc2ncn(C3CC3)c12)C1CNC(=O)C1. The number of nitrogens with one attached hydrogen (secondary N) is 1. The van der Waals surface area contributed by atoms with E-state index >= 15 is 0 Å². The molecule has 0 spiro atoms. The van der Waals surface area contributed by atoms with Crippen molar-refractivity contribution in [3.05, 3.63) is 42.9 Å². The summed E-state index contributed by atoms with van der Waals surface area (Å²) in [7, 11) is 1.95. The zero-order valence-electron chi connectivity index (χ0n) is 17.7. The minimum absolute atomic E-state index is 0.0687. The Kier molecular flexibility index (Phi) is 4.06. The van der Waals surface area contributed by atoms with Gasteiger partial charge in [0.25, 0.3) is 0 Å². The van der Waals surface area contributed by atoms with Crippen LogP contribution in [0.25, 0.3) is 33.1 Å². The van der Waals surface area contributed by atoms with E-state index in [4.69, 9.17) is 9.72 Å². The molecular weight excluding hydrogens is 390 g/mol. The maximum Gasteiger partial charge on any atom is 0.220 e. The molecule has 1 aliphatic heterocycles. The predicted molar refractivity (Wildman–Crippen MR) is 119 cm³/mol. The highest BCUT2D eigenvalue weighted by molar-refractivity contribution is 5.91. The minimum atomic E-state index is -0.0687. The molecule has 3 heterocycles. The van der Waals surface area contributed by atoms with Gasteiger partial charge >= 0.3 is 0 Å². The van der Waals surface area contributed by atoms with E-state index in [0.29, 0.717) is 19.0 Å². The number of hydrogen-bond donors (Lipinski definition) is 1. The standard InChI is InChI=1S/C24H25N5O2/c1-14(17-10-23(30)25-11-17)31-22-9-16(8-20-24(22)29(13-26-20)19-4-5-19)15-3-6-21-18(7-15)12-27-28(21)2/h3,6-9,12-14,17,19H,4-5,10-11H2,1-2H3,(H,25,30). The van der Waals surface area contributed by atoms with Gasteiger partial charge < -0.3 is 14.6 Å². The van der Waals surface area contributed by atoms with Gasteiger partial charge in [-0.2, -0.15) is 5.10 Å². The lowest BCUT2D eigenvalue weighted by molar-refractivity contribution is -0.119. The Balaban J connectivity index is 1.44. The van der Waals surface area contributed by atoms with Gasteiger partial charge in [-0.25, -0.2) is 4.98 Å². The second-order valence-electron chi connectivity index (χ2n) is 8.86. The van der Waals surface area contributed by atoms with Crippen LogP contribution in [0.15, 0.2) is 42.9 Å². The van der Waals surface area contributed by atoms with E-state index in [-0.39, 0.29) is 17.9 Å². The Labute approximate surface area is 180 Å². The van der Waals surface area contributed by atoms with Crippen molar-refractivity contribution in [2.75, 3.05) is 6.54 Å². The molecule has 1 saturated heterocycles. The maximum atomic E-state index is 11.7. The summed E-state index contributed by atoms with van der Waals surface area (Å²) in [5, 5.41) is 8.39. The smallest absolute Gasteiger partial charge is 0.220 e. The number of carbonyl (C=O) groups is 1. The molecule has 2 fully saturated rings. The van der Waals surface area contributed by atoms with Gasteiger partial charge in [0.1, 0.15) is 17.4 Å². The fraction of sp³-hybridized carbons (Fsp3) is 0.375. The quantitative estimate of drug-likeness (QED) is 0.538. The zero-order valence-corrected chi connectivity index (χ0v) is 17.7. The summed E-state index contributed by atoms with van der Waals surface area (Å²) < 4.78 is 10.7. The molecule has 2 unspecified atom stereocenters. The van der Waals surface area contributed by atoms with Crippen molar-refractivity contribution in [3.8, 4) is 16.9 Å². The van der Waals surface area contributed by atoms with Crippen LogP contribution < -0.4 is 10.1 Å². The van der Waals surface area contributed by atoms with Gasteiger partial charge in [0, 0.05) is 37.4 Å². The van der Waals surface area contributed by atoms with Crippen molar-refractivity contribution in [1.29, 1.82) is 0 Å². The molecule has 2 aromatic heterocycles. The lowest BCUT2D eigenvalue weighted by atomic mass is 10.0. The van der Waals surface area contributed by atoms with Gasteiger partial charge in [-0.15, -0.1) is 0 Å². The van der Waals surface area contributed by atoms with Gasteiger partial charge in [0.15, 0.2) is 0 Å². The lowest BCUT2D eigenvalue weighted by Crippen LogP contribution is -2.25. The summed E-state index contributed by atoms with van der Waals surface area (Å²) in [5.41, 5.74) is 5.28. The fourth-order valence-electron chi connectivity index (χ4n) is 4.62. The highest BCUT2D eigenvalue weighted by atomic mass is 16.5. The van der Waals surface area contributed by atoms with Crippen LogP contribution in [0, 0.1) is 5.92 Å². The molecular formula is C24H25N5O2. The summed E-state index contributed by atoms with van der Waals surface area (Å²) in [5.74, 6) is 1.12. The van der Waals surface area contributed by atoms with E-state index in [9.17, 15) is 4.79 Å². The third-order valence-corrected chi connectivity index (χ3v) is 6.64. The van der Waals surface area contributed by atoms with Gasteiger partial charge in [0.2, 0.25) is 5.91 Å². The molecule has 1 N–H and O–H groups in total. The van der Waals surface area contributed by atoms with Crippen LogP contribution in [-0.2, 0) is 11.8 Å². The molecule has 2 aromatic carbocycles. The van der Waals surface area contributed by atoms with Crippen molar-refractivity contribution < 1.29 is 9.53 Å². The van der Waals surface area contributed by atoms with E-state index < -0.39 is 0 Å². The van der Waals surface area contributed by atoms with E-state index in [1.165, 1.54) is 12.8 Å². The molecule has 158 valence electrons. The predicted octanol–water partition coefficient (Wildman–Crippen LogP) is 3.83. The van der Waals surface area contributed by atoms with E-state index in [1.807, 2.05) is 24.3 Å². The van der Waals surface area contributed by atoms with Crippen molar-refractivity contribution in [3.63, 3.8) is 0 Å². The first-order valence-corrected chi connectivity index (χ1v) is 10.9. The molecule has 1 saturated carbocycles. The number of carbonyl (C=O) groups excluding carboxylic acids is 1. The average molecular weight is 415 g/mol. The number of aryl methyl sites for hydroxylation is 1. The molecule has 0 radical (unpaired) electrons. The van der Waals surface area contributed by atoms with Crippen LogP contribution in [0.5, 0.6) is 5.75 Å². The average Bonchev–Trinajstić information content (AvgIpc) is 3.18. The highest BCUT2D eigenvalue weighted by Gasteiger charge is 2.30. The van der Waals surface area contributed by atoms with Crippen molar-refractivity contribution >= 4 is 27.8 Å². The van der Waals surface area contributed by atoms with Gasteiger partial charge in [-0.05, 0) is 55.2 Å². The number of amides is 1. The summed E-state index contributed by atoms with van der Waals surface area (Å²) in [4.78, 5) is 16.4. The zero-order chi connectivity index (χ0) is 21.1. The summed E-state index contributed by atoms with van der Waals surface area (Å²) in [6, 6.07) is 11.2. The Morgan fingerprint density at radius 2 is 2.06 bits per heavy atom. The molecule has 0 bridgehead atoms. The van der Waals surface area contributed by atoms with E-state index in [1.54, 1.807) is 0 Å². The fourth-order valence-corrected chi connectivity index (χ4v) is 4.62. The van der Waals surface area contributed by atoms with Crippen LogP contribution in [0.4, 0.5) is 0 Å². The molecule has 6 rings (SSSR count). The number of rotatable bonds is 5. The van der Waals surface area contributed by atoms with Crippen molar-refractivity contribution in [1.82, 2.24) is 24.6 Å². The molecule has 2 aliphatic rings. The lowest BCUT2D eigenvalue weighted by Gasteiger charge is -2.21. The second-order valence-corrected chi connectivity index (χ2v) is 8.86. The van der Waals surface area contributed by atoms with Crippen molar-refractivity contribution in [2.24, 2.45) is 13.0 Å². The monoisotopic (exact) mass is 415 g/mol. The number of imidazole rings is 1. The Morgan fingerprint density at radius 1 is 1.19 bits per heavy atom. The first-order chi connectivity index (χ1) is 15.1. The van der Waals surface area contributed by atoms with Crippen LogP contribution >= 0.6 is 0 Å². The van der Waals surface area contributed by atoms with Crippen LogP contribution in [0.2, 0.25) is 0 Å². The maximum absolute atomic E-state index is 11.7. The number of ether oxygens (including phenoxy) is 1. The third kappa shape index (κ3) is 3.15. The largest absolute Gasteiger partial charge is 0.488 e. The highest BCUT2D eigenvalue weighted by Crippen LogP contribution is 2.42. The van der Waals surface area contributed by atoms with E-state index in [2.05, 4.69) is 52.2 Å². The molecule has 1 aliphatic carbocycles. The number of nitrogens with zero attached hydrogens (tertiary/aromatic N) is 4. The first kappa shape index (κ1) is 18.4. The molecule has 7 heteroatoms. The number of aromatic nitrogens is 4. The Hall–Kier alpha value is -3.35. The van der Waals surface area contributed by atoms with Crippen LogP contribution in [0.3, 0.4) is 0 Å². The van der Waals surface area contributed by atoms with Crippen LogP contribution in [-0.4, -0.2) is 37.9 Å². The molecule has 7 nitrogen and oxygen atoms in total. The third-order valence-electron chi connectivity index (χ3n) is 6.64. The van der Waals surface area contributed by atoms with Crippen molar-refractivity contribution in [2.45, 2.75) is 38.3 Å². The van der Waals surface area contributed by atoms with Gasteiger partial charge in [0.05, 0.1) is 23.6 Å². The number of benzene rings is 2. The normalized spacial score (nSPS) is 19.8. The number of fused-ring (bicyclic) bond motifs is 2. The summed E-state index contributed by atoms with van der Waals surface area (Å²) in [6.45, 7) is 2.73. The number of hydrogen-bond acceptors (Lipinski definition) is 4.